The second kappa shape index (κ2) is 7.10. The van der Waals surface area contributed by atoms with Gasteiger partial charge in [0.25, 0.3) is 0 Å². The smallest absolute Gasteiger partial charge is 0.140 e. The molecule has 0 saturated carbocycles. The first-order valence-corrected chi connectivity index (χ1v) is 7.05. The fourth-order valence-corrected chi connectivity index (χ4v) is 2.02. The Morgan fingerprint density at radius 1 is 1.30 bits per heavy atom. The lowest BCUT2D eigenvalue weighted by Gasteiger charge is -2.08. The zero-order chi connectivity index (χ0) is 14.4. The number of nitrogens with zero attached hydrogens (tertiary/aromatic N) is 1. The summed E-state index contributed by atoms with van der Waals surface area (Å²) in [4.78, 5) is 0. The standard InChI is InChI=1S/C16H22N2O2/c1-4-8-17-10-14-6-5-7-15(9-14)19-11-16-12(2)18-20-13(16)3/h5-7,9,17H,4,8,10-11H2,1-3H3. The molecule has 0 atom stereocenters. The summed E-state index contributed by atoms with van der Waals surface area (Å²) in [6, 6.07) is 8.17. The Morgan fingerprint density at radius 3 is 2.85 bits per heavy atom. The minimum Gasteiger partial charge on any atom is -0.489 e. The molecule has 108 valence electrons. The molecule has 0 fully saturated rings. The van der Waals surface area contributed by atoms with Gasteiger partial charge in [-0.2, -0.15) is 0 Å². The van der Waals surface area contributed by atoms with E-state index in [4.69, 9.17) is 9.26 Å². The molecule has 0 amide bonds. The van der Waals surface area contributed by atoms with Gasteiger partial charge in [-0.25, -0.2) is 0 Å². The first-order valence-electron chi connectivity index (χ1n) is 7.05. The van der Waals surface area contributed by atoms with Gasteiger partial charge < -0.3 is 14.6 Å². The Hall–Kier alpha value is -1.81. The molecule has 0 aliphatic heterocycles. The van der Waals surface area contributed by atoms with Crippen LogP contribution in [-0.2, 0) is 13.2 Å². The summed E-state index contributed by atoms with van der Waals surface area (Å²) < 4.78 is 11.0. The van der Waals surface area contributed by atoms with E-state index in [-0.39, 0.29) is 0 Å². The van der Waals surface area contributed by atoms with Crippen molar-refractivity contribution in [2.24, 2.45) is 0 Å². The van der Waals surface area contributed by atoms with Gasteiger partial charge in [-0.1, -0.05) is 24.2 Å². The van der Waals surface area contributed by atoms with E-state index in [1.165, 1.54) is 5.56 Å². The van der Waals surface area contributed by atoms with Crippen LogP contribution in [0.1, 0.15) is 35.9 Å². The minimum absolute atomic E-state index is 0.493. The Kier molecular flexibility index (Phi) is 5.18. The zero-order valence-electron chi connectivity index (χ0n) is 12.4. The number of nitrogens with one attached hydrogen (secondary N) is 1. The van der Waals surface area contributed by atoms with E-state index in [2.05, 4.69) is 29.5 Å². The molecule has 0 aliphatic rings. The average molecular weight is 274 g/mol. The van der Waals surface area contributed by atoms with Crippen molar-refractivity contribution >= 4 is 0 Å². The van der Waals surface area contributed by atoms with Crippen LogP contribution >= 0.6 is 0 Å². The predicted molar refractivity (Wildman–Crippen MR) is 78.7 cm³/mol. The van der Waals surface area contributed by atoms with E-state index >= 15 is 0 Å². The van der Waals surface area contributed by atoms with Crippen LogP contribution in [0.5, 0.6) is 5.75 Å². The van der Waals surface area contributed by atoms with Gasteiger partial charge in [0.15, 0.2) is 0 Å². The lowest BCUT2D eigenvalue weighted by molar-refractivity contribution is 0.301. The molecule has 1 aromatic heterocycles. The van der Waals surface area contributed by atoms with Crippen LogP contribution in [0.25, 0.3) is 0 Å². The van der Waals surface area contributed by atoms with Gasteiger partial charge in [0.05, 0.1) is 11.3 Å². The molecule has 1 N–H and O–H groups in total. The van der Waals surface area contributed by atoms with Crippen LogP contribution in [-0.4, -0.2) is 11.7 Å². The van der Waals surface area contributed by atoms with Crippen molar-refractivity contribution in [3.05, 3.63) is 46.8 Å². The SMILES string of the molecule is CCCNCc1cccc(OCc2c(C)noc2C)c1. The highest BCUT2D eigenvalue weighted by Gasteiger charge is 2.09. The topological polar surface area (TPSA) is 47.3 Å². The molecule has 0 spiro atoms. The molecule has 0 aliphatic carbocycles. The maximum Gasteiger partial charge on any atom is 0.140 e. The number of aryl methyl sites for hydroxylation is 2. The number of hydrogen-bond acceptors (Lipinski definition) is 4. The van der Waals surface area contributed by atoms with Crippen LogP contribution in [0.3, 0.4) is 0 Å². The molecule has 4 heteroatoms. The van der Waals surface area contributed by atoms with Gasteiger partial charge >= 0.3 is 0 Å². The third-order valence-electron chi connectivity index (χ3n) is 3.22. The molecule has 20 heavy (non-hydrogen) atoms. The molecule has 1 aromatic carbocycles. The minimum atomic E-state index is 0.493. The van der Waals surface area contributed by atoms with Crippen molar-refractivity contribution in [3.8, 4) is 5.75 Å². The molecule has 2 aromatic rings. The van der Waals surface area contributed by atoms with E-state index in [1.54, 1.807) is 0 Å². The maximum absolute atomic E-state index is 5.83. The van der Waals surface area contributed by atoms with E-state index in [0.29, 0.717) is 6.61 Å². The second-order valence-electron chi connectivity index (χ2n) is 4.92. The lowest BCUT2D eigenvalue weighted by Crippen LogP contribution is -2.13. The van der Waals surface area contributed by atoms with Gasteiger partial charge in [-0.3, -0.25) is 0 Å². The van der Waals surface area contributed by atoms with Crippen molar-refractivity contribution in [2.45, 2.75) is 40.3 Å². The largest absolute Gasteiger partial charge is 0.489 e. The summed E-state index contributed by atoms with van der Waals surface area (Å²) in [6.07, 6.45) is 1.14. The Labute approximate surface area is 120 Å². The molecule has 0 radical (unpaired) electrons. The molecule has 0 saturated heterocycles. The van der Waals surface area contributed by atoms with Gasteiger partial charge in [0.2, 0.25) is 0 Å². The number of hydrogen-bond donors (Lipinski definition) is 1. The normalized spacial score (nSPS) is 10.8. The van der Waals surface area contributed by atoms with Crippen molar-refractivity contribution in [1.82, 2.24) is 10.5 Å². The predicted octanol–water partition coefficient (Wildman–Crippen LogP) is 3.37. The highest BCUT2D eigenvalue weighted by Crippen LogP contribution is 2.18. The fourth-order valence-electron chi connectivity index (χ4n) is 2.02. The number of rotatable bonds is 7. The monoisotopic (exact) mass is 274 g/mol. The summed E-state index contributed by atoms with van der Waals surface area (Å²) in [7, 11) is 0. The Balaban J connectivity index is 1.94. The molecule has 2 rings (SSSR count). The van der Waals surface area contributed by atoms with Crippen LogP contribution in [0.4, 0.5) is 0 Å². The first-order chi connectivity index (χ1) is 9.70. The average Bonchev–Trinajstić information content (AvgIpc) is 2.77. The van der Waals surface area contributed by atoms with Gasteiger partial charge in [-0.15, -0.1) is 0 Å². The molecular weight excluding hydrogens is 252 g/mol. The number of aromatic nitrogens is 1. The van der Waals surface area contributed by atoms with E-state index in [9.17, 15) is 0 Å². The van der Waals surface area contributed by atoms with Crippen LogP contribution in [0.15, 0.2) is 28.8 Å². The van der Waals surface area contributed by atoms with Crippen molar-refractivity contribution < 1.29 is 9.26 Å². The van der Waals surface area contributed by atoms with Crippen LogP contribution in [0, 0.1) is 13.8 Å². The Bertz CT molecular complexity index is 530. The van der Waals surface area contributed by atoms with Crippen LogP contribution < -0.4 is 10.1 Å². The number of benzene rings is 1. The number of ether oxygens (including phenoxy) is 1. The van der Waals surface area contributed by atoms with E-state index in [0.717, 1.165) is 42.3 Å². The quantitative estimate of drug-likeness (QED) is 0.786. The molecular formula is C16H22N2O2. The summed E-state index contributed by atoms with van der Waals surface area (Å²) in [5.41, 5.74) is 3.15. The molecule has 4 nitrogen and oxygen atoms in total. The van der Waals surface area contributed by atoms with E-state index < -0.39 is 0 Å². The highest BCUT2D eigenvalue weighted by molar-refractivity contribution is 5.29. The second-order valence-corrected chi connectivity index (χ2v) is 4.92. The molecule has 1 heterocycles. The van der Waals surface area contributed by atoms with Crippen molar-refractivity contribution in [1.29, 1.82) is 0 Å². The highest BCUT2D eigenvalue weighted by atomic mass is 16.5. The summed E-state index contributed by atoms with van der Waals surface area (Å²) >= 11 is 0. The Morgan fingerprint density at radius 2 is 2.15 bits per heavy atom. The van der Waals surface area contributed by atoms with Gasteiger partial charge in [-0.05, 0) is 44.5 Å². The summed E-state index contributed by atoms with van der Waals surface area (Å²) in [5, 5.41) is 7.32. The van der Waals surface area contributed by atoms with Gasteiger partial charge in [0, 0.05) is 6.54 Å². The zero-order valence-corrected chi connectivity index (χ0v) is 12.4. The third-order valence-corrected chi connectivity index (χ3v) is 3.22. The maximum atomic E-state index is 5.83. The third kappa shape index (κ3) is 3.84. The summed E-state index contributed by atoms with van der Waals surface area (Å²) in [5.74, 6) is 1.70. The molecule has 0 bridgehead atoms. The lowest BCUT2D eigenvalue weighted by atomic mass is 10.2. The van der Waals surface area contributed by atoms with Gasteiger partial charge in [0.1, 0.15) is 18.1 Å². The first kappa shape index (κ1) is 14.6. The van der Waals surface area contributed by atoms with Crippen molar-refractivity contribution in [2.75, 3.05) is 6.54 Å². The fraction of sp³-hybridized carbons (Fsp3) is 0.438. The molecule has 0 unspecified atom stereocenters. The van der Waals surface area contributed by atoms with Crippen LogP contribution in [0.2, 0.25) is 0 Å². The van der Waals surface area contributed by atoms with E-state index in [1.807, 2.05) is 26.0 Å². The van der Waals surface area contributed by atoms with Crippen molar-refractivity contribution in [3.63, 3.8) is 0 Å². The summed E-state index contributed by atoms with van der Waals surface area (Å²) in [6.45, 7) is 8.40.